The predicted octanol–water partition coefficient (Wildman–Crippen LogP) is 1.66. The van der Waals surface area contributed by atoms with Crippen molar-refractivity contribution in [2.45, 2.75) is 24.3 Å². The number of H-pyrrole nitrogens is 1. The number of carbonyl (C=O) groups is 1. The number of aryl methyl sites for hydroxylation is 1. The van der Waals surface area contributed by atoms with Crippen molar-refractivity contribution in [3.8, 4) is 0 Å². The Morgan fingerprint density at radius 3 is 2.90 bits per heavy atom. The monoisotopic (exact) mass is 303 g/mol. The number of likely N-dealkylation sites (N-methyl/N-ethyl adjacent to an activating group) is 1. The molecule has 2 aromatic rings. The fraction of sp³-hybridized carbons (Fsp3) is 0.267. The summed E-state index contributed by atoms with van der Waals surface area (Å²) in [5, 5.41) is 3.05. The summed E-state index contributed by atoms with van der Waals surface area (Å²) in [4.78, 5) is 30.0. The third-order valence-electron chi connectivity index (χ3n) is 2.85. The average molecular weight is 303 g/mol. The zero-order valence-electron chi connectivity index (χ0n) is 12.0. The number of amides is 1. The molecule has 0 spiro atoms. The fourth-order valence-corrected chi connectivity index (χ4v) is 2.69. The van der Waals surface area contributed by atoms with Crippen LogP contribution in [0, 0.1) is 6.92 Å². The summed E-state index contributed by atoms with van der Waals surface area (Å²) in [6, 6.07) is 9.53. The fourth-order valence-electron chi connectivity index (χ4n) is 1.85. The van der Waals surface area contributed by atoms with Crippen LogP contribution in [0.3, 0.4) is 0 Å². The van der Waals surface area contributed by atoms with Crippen molar-refractivity contribution >= 4 is 17.7 Å². The van der Waals surface area contributed by atoms with E-state index in [1.807, 2.05) is 25.1 Å². The third-order valence-corrected chi connectivity index (χ3v) is 3.80. The molecule has 1 amide bonds. The van der Waals surface area contributed by atoms with Crippen molar-refractivity contribution in [1.29, 1.82) is 0 Å². The predicted molar refractivity (Wildman–Crippen MR) is 83.4 cm³/mol. The van der Waals surface area contributed by atoms with E-state index in [4.69, 9.17) is 0 Å². The molecule has 1 heterocycles. The molecular formula is C15H17N3O2S. The minimum absolute atomic E-state index is 0.110. The zero-order chi connectivity index (χ0) is 15.2. The summed E-state index contributed by atoms with van der Waals surface area (Å²) in [5.74, 6) is 0.552. The molecular weight excluding hydrogens is 286 g/mol. The van der Waals surface area contributed by atoms with Gasteiger partial charge in [0.05, 0.1) is 12.1 Å². The van der Waals surface area contributed by atoms with E-state index in [2.05, 4.69) is 21.4 Å². The maximum atomic E-state index is 11.6. The molecule has 2 rings (SSSR count). The van der Waals surface area contributed by atoms with E-state index in [0.29, 0.717) is 16.6 Å². The highest BCUT2D eigenvalue weighted by Crippen LogP contribution is 2.19. The molecule has 0 atom stereocenters. The van der Waals surface area contributed by atoms with Gasteiger partial charge in [0, 0.05) is 18.9 Å². The average Bonchev–Trinajstić information content (AvgIpc) is 2.44. The highest BCUT2D eigenvalue weighted by atomic mass is 32.2. The number of hydrogen-bond donors (Lipinski definition) is 2. The SMILES string of the molecule is CNC(=O)Cc1cc(=O)[nH]c(SCc2cccc(C)c2)n1. The Balaban J connectivity index is 2.09. The molecule has 2 N–H and O–H groups in total. The molecule has 0 fully saturated rings. The van der Waals surface area contributed by atoms with E-state index in [1.54, 1.807) is 7.05 Å². The van der Waals surface area contributed by atoms with Gasteiger partial charge in [-0.3, -0.25) is 9.59 Å². The maximum Gasteiger partial charge on any atom is 0.251 e. The highest BCUT2D eigenvalue weighted by molar-refractivity contribution is 7.98. The summed E-state index contributed by atoms with van der Waals surface area (Å²) < 4.78 is 0. The van der Waals surface area contributed by atoms with Crippen LogP contribution < -0.4 is 10.9 Å². The largest absolute Gasteiger partial charge is 0.359 e. The first kappa shape index (κ1) is 15.3. The number of thioether (sulfide) groups is 1. The second kappa shape index (κ2) is 7.08. The van der Waals surface area contributed by atoms with Gasteiger partial charge in [0.1, 0.15) is 0 Å². The number of aromatic nitrogens is 2. The molecule has 0 bridgehead atoms. The zero-order valence-corrected chi connectivity index (χ0v) is 12.8. The summed E-state index contributed by atoms with van der Waals surface area (Å²) in [5.41, 5.74) is 2.60. The van der Waals surface area contributed by atoms with Gasteiger partial charge in [-0.1, -0.05) is 41.6 Å². The Morgan fingerprint density at radius 2 is 2.19 bits per heavy atom. The molecule has 0 unspecified atom stereocenters. The lowest BCUT2D eigenvalue weighted by Crippen LogP contribution is -2.22. The van der Waals surface area contributed by atoms with Gasteiger partial charge in [-0.05, 0) is 12.5 Å². The summed E-state index contributed by atoms with van der Waals surface area (Å²) in [7, 11) is 1.56. The van der Waals surface area contributed by atoms with E-state index < -0.39 is 0 Å². The molecule has 5 nitrogen and oxygen atoms in total. The van der Waals surface area contributed by atoms with Gasteiger partial charge in [-0.25, -0.2) is 4.98 Å². The number of nitrogens with zero attached hydrogens (tertiary/aromatic N) is 1. The van der Waals surface area contributed by atoms with Gasteiger partial charge in [-0.2, -0.15) is 0 Å². The van der Waals surface area contributed by atoms with Crippen LogP contribution in [0.25, 0.3) is 0 Å². The molecule has 6 heteroatoms. The van der Waals surface area contributed by atoms with Crippen molar-refractivity contribution < 1.29 is 4.79 Å². The minimum Gasteiger partial charge on any atom is -0.359 e. The van der Waals surface area contributed by atoms with Crippen LogP contribution >= 0.6 is 11.8 Å². The number of aromatic amines is 1. The lowest BCUT2D eigenvalue weighted by Gasteiger charge is -2.04. The topological polar surface area (TPSA) is 74.8 Å². The molecule has 0 saturated heterocycles. The molecule has 1 aromatic carbocycles. The van der Waals surface area contributed by atoms with Crippen LogP contribution in [0.5, 0.6) is 0 Å². The van der Waals surface area contributed by atoms with Crippen LogP contribution in [-0.2, 0) is 17.0 Å². The molecule has 0 saturated carbocycles. The smallest absolute Gasteiger partial charge is 0.251 e. The lowest BCUT2D eigenvalue weighted by atomic mass is 10.2. The van der Waals surface area contributed by atoms with Gasteiger partial charge in [0.2, 0.25) is 5.91 Å². The first-order valence-corrected chi connectivity index (χ1v) is 7.54. The maximum absolute atomic E-state index is 11.6. The van der Waals surface area contributed by atoms with Gasteiger partial charge < -0.3 is 10.3 Å². The molecule has 0 aliphatic heterocycles. The molecule has 1 aromatic heterocycles. The Labute approximate surface area is 127 Å². The van der Waals surface area contributed by atoms with Gasteiger partial charge in [-0.15, -0.1) is 0 Å². The van der Waals surface area contributed by atoms with E-state index in [9.17, 15) is 9.59 Å². The molecule has 0 aliphatic rings. The van der Waals surface area contributed by atoms with Gasteiger partial charge in [0.15, 0.2) is 5.16 Å². The number of carbonyl (C=O) groups excluding carboxylic acids is 1. The Kier molecular flexibility index (Phi) is 5.16. The number of benzene rings is 1. The Morgan fingerprint density at radius 1 is 1.38 bits per heavy atom. The summed E-state index contributed by atoms with van der Waals surface area (Å²) in [6.07, 6.45) is 0.110. The molecule has 0 radical (unpaired) electrons. The first-order valence-electron chi connectivity index (χ1n) is 6.56. The summed E-state index contributed by atoms with van der Waals surface area (Å²) in [6.45, 7) is 2.04. The third kappa shape index (κ3) is 4.75. The second-order valence-electron chi connectivity index (χ2n) is 4.67. The van der Waals surface area contributed by atoms with Crippen LogP contribution in [0.15, 0.2) is 40.3 Å². The van der Waals surface area contributed by atoms with E-state index in [1.165, 1.54) is 29.0 Å². The Bertz CT molecular complexity index is 697. The second-order valence-corrected chi connectivity index (χ2v) is 5.63. The van der Waals surface area contributed by atoms with E-state index >= 15 is 0 Å². The first-order chi connectivity index (χ1) is 10.1. The van der Waals surface area contributed by atoms with Crippen LogP contribution in [0.1, 0.15) is 16.8 Å². The van der Waals surface area contributed by atoms with Crippen molar-refractivity contribution in [1.82, 2.24) is 15.3 Å². The molecule has 110 valence electrons. The van der Waals surface area contributed by atoms with Crippen molar-refractivity contribution in [2.24, 2.45) is 0 Å². The molecule has 0 aliphatic carbocycles. The number of hydrogen-bond acceptors (Lipinski definition) is 4. The lowest BCUT2D eigenvalue weighted by molar-refractivity contribution is -0.120. The minimum atomic E-state index is -0.240. The van der Waals surface area contributed by atoms with E-state index in [0.717, 1.165) is 0 Å². The van der Waals surface area contributed by atoms with Crippen molar-refractivity contribution in [3.05, 3.63) is 57.5 Å². The van der Waals surface area contributed by atoms with Crippen molar-refractivity contribution in [2.75, 3.05) is 7.05 Å². The van der Waals surface area contributed by atoms with E-state index in [-0.39, 0.29) is 17.9 Å². The molecule has 21 heavy (non-hydrogen) atoms. The Hall–Kier alpha value is -2.08. The van der Waals surface area contributed by atoms with Crippen LogP contribution in [0.4, 0.5) is 0 Å². The normalized spacial score (nSPS) is 10.4. The standard InChI is InChI=1S/C15H17N3O2S/c1-10-4-3-5-11(6-10)9-21-15-17-12(7-13(19)16-2)8-14(20)18-15/h3-6,8H,7,9H2,1-2H3,(H,16,19)(H,17,18,20). The van der Waals surface area contributed by atoms with Gasteiger partial charge in [0.25, 0.3) is 5.56 Å². The van der Waals surface area contributed by atoms with Gasteiger partial charge >= 0.3 is 0 Å². The van der Waals surface area contributed by atoms with Crippen LogP contribution in [0.2, 0.25) is 0 Å². The number of nitrogens with one attached hydrogen (secondary N) is 2. The quantitative estimate of drug-likeness (QED) is 0.651. The van der Waals surface area contributed by atoms with Crippen molar-refractivity contribution in [3.63, 3.8) is 0 Å². The number of rotatable bonds is 5. The highest BCUT2D eigenvalue weighted by Gasteiger charge is 2.06. The summed E-state index contributed by atoms with van der Waals surface area (Å²) >= 11 is 1.45. The van der Waals surface area contributed by atoms with Crippen LogP contribution in [-0.4, -0.2) is 22.9 Å².